The van der Waals surface area contributed by atoms with E-state index in [0.29, 0.717) is 37.7 Å². The Morgan fingerprint density at radius 2 is 1.58 bits per heavy atom. The van der Waals surface area contributed by atoms with Crippen molar-refractivity contribution in [3.63, 3.8) is 0 Å². The van der Waals surface area contributed by atoms with E-state index >= 15 is 0 Å². The van der Waals surface area contributed by atoms with Gasteiger partial charge >= 0.3 is 206 Å². The van der Waals surface area contributed by atoms with Crippen LogP contribution in [0, 0.1) is 22.8 Å². The van der Waals surface area contributed by atoms with Gasteiger partial charge in [0, 0.05) is 15.9 Å². The smallest absolute Gasteiger partial charge is 0.238 e. The molecule has 268 valence electrons. The summed E-state index contributed by atoms with van der Waals surface area (Å²) in [6.07, 6.45) is 5.39. The van der Waals surface area contributed by atoms with Crippen LogP contribution in [0.1, 0.15) is 76.6 Å². The SMILES string of the molecule is [2H]C([2H])([2H])c1cc(-n2c3[c-]c(Oc4[c-]c5c(cc4)CCCCC5n4[c](=[Pt])n(C([2H])([2H])[2H])c5ccccc54)ccc3c3ccccc32)ncc1-c1ccc(C(C)(C)C)cc1. The Balaban J connectivity index is 1.14. The van der Waals surface area contributed by atoms with E-state index in [-0.39, 0.29) is 17.0 Å². The summed E-state index contributed by atoms with van der Waals surface area (Å²) in [5.74, 6) is 1.46. The van der Waals surface area contributed by atoms with Crippen molar-refractivity contribution in [2.24, 2.45) is 6.98 Å². The van der Waals surface area contributed by atoms with Crippen molar-refractivity contribution < 1.29 is 32.3 Å². The molecule has 1 aliphatic rings. The van der Waals surface area contributed by atoms with Crippen LogP contribution in [-0.4, -0.2) is 18.7 Å². The predicted molar refractivity (Wildman–Crippen MR) is 211 cm³/mol. The number of hydrogen-bond donors (Lipinski definition) is 0. The fraction of sp³-hybridized carbons (Fsp3) is 0.234. The van der Waals surface area contributed by atoms with Gasteiger partial charge in [-0.2, -0.15) is 0 Å². The first-order chi connectivity index (χ1) is 28.1. The van der Waals surface area contributed by atoms with Crippen molar-refractivity contribution >= 4 is 32.8 Å². The van der Waals surface area contributed by atoms with E-state index in [1.54, 1.807) is 12.3 Å². The number of fused-ring (bicyclic) bond motifs is 5. The van der Waals surface area contributed by atoms with Crippen molar-refractivity contribution in [2.75, 3.05) is 0 Å². The molecular formula is C47H42N4OPt-2. The number of hydrogen-bond acceptors (Lipinski definition) is 2. The third-order valence-electron chi connectivity index (χ3n) is 10.6. The molecule has 0 radical (unpaired) electrons. The van der Waals surface area contributed by atoms with E-state index < -0.39 is 13.8 Å². The molecule has 0 fully saturated rings. The summed E-state index contributed by atoms with van der Waals surface area (Å²) in [6, 6.07) is 40.3. The molecule has 1 aliphatic carbocycles. The maximum atomic E-state index is 8.58. The second kappa shape index (κ2) is 13.1. The zero-order valence-electron chi connectivity index (χ0n) is 35.8. The van der Waals surface area contributed by atoms with Gasteiger partial charge in [0.1, 0.15) is 0 Å². The van der Waals surface area contributed by atoms with Gasteiger partial charge < -0.3 is 0 Å². The normalized spacial score (nSPS) is 17.0. The van der Waals surface area contributed by atoms with E-state index in [1.165, 1.54) is 10.1 Å². The van der Waals surface area contributed by atoms with Crippen LogP contribution >= 0.6 is 0 Å². The Labute approximate surface area is 330 Å². The van der Waals surface area contributed by atoms with Gasteiger partial charge in [0.25, 0.3) is 0 Å². The van der Waals surface area contributed by atoms with Crippen LogP contribution in [0.5, 0.6) is 11.5 Å². The van der Waals surface area contributed by atoms with E-state index in [1.807, 2.05) is 83.4 Å². The summed E-state index contributed by atoms with van der Waals surface area (Å²) in [6.45, 7) is 1.72. The van der Waals surface area contributed by atoms with E-state index in [4.69, 9.17) is 17.9 Å². The second-order valence-corrected chi connectivity index (χ2v) is 15.9. The Kier molecular flexibility index (Phi) is 6.84. The summed E-state index contributed by atoms with van der Waals surface area (Å²) in [5.41, 5.74) is 7.95. The first-order valence-electron chi connectivity index (χ1n) is 21.1. The molecule has 9 rings (SSSR count). The topological polar surface area (TPSA) is 36.9 Å². The average molecular weight is 880 g/mol. The molecule has 1 unspecified atom stereocenters. The minimum absolute atomic E-state index is 0.0353. The molecule has 1 atom stereocenters. The number of pyridine rings is 1. The Morgan fingerprint density at radius 1 is 0.830 bits per heavy atom. The number of nitrogens with zero attached hydrogens (tertiary/aromatic N) is 4. The number of benzene rings is 5. The number of rotatable bonds is 5. The third-order valence-corrected chi connectivity index (χ3v) is 11.6. The Morgan fingerprint density at radius 3 is 2.38 bits per heavy atom. The van der Waals surface area contributed by atoms with E-state index in [0.717, 1.165) is 64.2 Å². The van der Waals surface area contributed by atoms with Gasteiger partial charge in [-0.3, -0.25) is 0 Å². The molecule has 0 aliphatic heterocycles. The number of ether oxygens (including phenoxy) is 1. The van der Waals surface area contributed by atoms with Gasteiger partial charge in [0.15, 0.2) is 0 Å². The first-order valence-corrected chi connectivity index (χ1v) is 19.2. The molecule has 0 spiro atoms. The van der Waals surface area contributed by atoms with Crippen molar-refractivity contribution in [1.29, 1.82) is 0 Å². The fourth-order valence-electron chi connectivity index (χ4n) is 7.82. The molecule has 5 aromatic carbocycles. The van der Waals surface area contributed by atoms with E-state index in [9.17, 15) is 0 Å². The molecule has 3 heterocycles. The van der Waals surface area contributed by atoms with Crippen molar-refractivity contribution in [3.8, 4) is 28.4 Å². The van der Waals surface area contributed by atoms with Crippen LogP contribution in [0.3, 0.4) is 0 Å². The summed E-state index contributed by atoms with van der Waals surface area (Å²) in [5, 5.41) is 1.90. The zero-order chi connectivity index (χ0) is 41.4. The molecule has 6 heteroatoms. The molecule has 5 nitrogen and oxygen atoms in total. The summed E-state index contributed by atoms with van der Waals surface area (Å²) in [7, 11) is 0. The van der Waals surface area contributed by atoms with Crippen LogP contribution in [0.25, 0.3) is 49.8 Å². The molecule has 53 heavy (non-hydrogen) atoms. The van der Waals surface area contributed by atoms with E-state index in [2.05, 4.69) is 75.0 Å². The van der Waals surface area contributed by atoms with Crippen molar-refractivity contribution in [1.82, 2.24) is 18.7 Å². The minimum Gasteiger partial charge on any atom is -0.238 e. The number of imidazole rings is 1. The molecule has 3 aromatic heterocycles. The number of para-hydroxylation sites is 3. The molecule has 0 bridgehead atoms. The molecule has 0 amide bonds. The predicted octanol–water partition coefficient (Wildman–Crippen LogP) is 11.5. The monoisotopic (exact) mass is 879 g/mol. The third kappa shape index (κ3) is 5.90. The van der Waals surface area contributed by atoms with Gasteiger partial charge in [-0.15, -0.1) is 0 Å². The van der Waals surface area contributed by atoms with Gasteiger partial charge in [0.2, 0.25) is 0 Å². The summed E-state index contributed by atoms with van der Waals surface area (Å²) >= 11 is 2.15. The Hall–Kier alpha value is -4.99. The van der Waals surface area contributed by atoms with Gasteiger partial charge in [0.05, 0.1) is 0 Å². The minimum atomic E-state index is -2.40. The van der Waals surface area contributed by atoms with Crippen LogP contribution in [0.15, 0.2) is 109 Å². The van der Waals surface area contributed by atoms with Gasteiger partial charge in [-0.1, -0.05) is 63.2 Å². The molecule has 0 saturated carbocycles. The van der Waals surface area contributed by atoms with Crippen LogP contribution < -0.4 is 4.74 Å². The molecule has 0 saturated heterocycles. The maximum absolute atomic E-state index is 8.58. The van der Waals surface area contributed by atoms with Crippen LogP contribution in [-0.2, 0) is 38.2 Å². The molecule has 8 aromatic rings. The molecule has 0 N–H and O–H groups in total. The number of aryl methyl sites for hydroxylation is 3. The molecular weight excluding hydrogens is 832 g/mol. The van der Waals surface area contributed by atoms with Crippen LogP contribution in [0.4, 0.5) is 0 Å². The first kappa shape index (κ1) is 27.6. The summed E-state index contributed by atoms with van der Waals surface area (Å²) in [4.78, 5) is 4.90. The zero-order valence-corrected chi connectivity index (χ0v) is 32.1. The second-order valence-electron chi connectivity index (χ2n) is 14.9. The van der Waals surface area contributed by atoms with Crippen LogP contribution in [0.2, 0.25) is 0 Å². The standard InChI is InChI=1S/C47H42N4O.Pt/c1-31-26-46(48-29-40(31)33-18-21-34(22-19-33)47(2,3)4)51-42-15-9-7-13-37(42)38-25-24-36(28-45(38)51)52-35-23-20-32-12-6-8-14-41(39(32)27-35)50-30-49(5)43-16-10-11-17-44(43)50;/h7,9-11,13,15-26,29,41H,6,8,12,14H2,1-5H3;/q-2;/i1D3,5D3;. The summed E-state index contributed by atoms with van der Waals surface area (Å²) < 4.78 is 63.6. The van der Waals surface area contributed by atoms with Crippen molar-refractivity contribution in [3.05, 3.63) is 148 Å². The van der Waals surface area contributed by atoms with Gasteiger partial charge in [-0.25, -0.2) is 4.98 Å². The quantitative estimate of drug-likeness (QED) is 0.128. The van der Waals surface area contributed by atoms with Crippen molar-refractivity contribution in [2.45, 2.75) is 64.8 Å². The van der Waals surface area contributed by atoms with Gasteiger partial charge in [-0.05, 0) is 41.1 Å². The average Bonchev–Trinajstić information content (AvgIpc) is 3.59. The fourth-order valence-corrected chi connectivity index (χ4v) is 8.72. The Bertz CT molecular complexity index is 2970. The number of aromatic nitrogens is 4.